The fourth-order valence-electron chi connectivity index (χ4n) is 1.91. The van der Waals surface area contributed by atoms with E-state index in [4.69, 9.17) is 9.47 Å². The lowest BCUT2D eigenvalue weighted by Gasteiger charge is -2.17. The van der Waals surface area contributed by atoms with E-state index in [9.17, 15) is 0 Å². The van der Waals surface area contributed by atoms with Gasteiger partial charge >= 0.3 is 0 Å². The molecule has 0 aliphatic rings. The van der Waals surface area contributed by atoms with Gasteiger partial charge in [0.05, 0.1) is 13.2 Å². The molecule has 0 radical (unpaired) electrons. The molecule has 0 aliphatic heterocycles. The summed E-state index contributed by atoms with van der Waals surface area (Å²) in [5.74, 6) is 0.922. The second kappa shape index (κ2) is 8.11. The summed E-state index contributed by atoms with van der Waals surface area (Å²) in [6.45, 7) is 8.66. The first-order valence-corrected chi connectivity index (χ1v) is 6.70. The van der Waals surface area contributed by atoms with Crippen molar-refractivity contribution in [3.63, 3.8) is 0 Å². The summed E-state index contributed by atoms with van der Waals surface area (Å²) in [7, 11) is 1.71. The van der Waals surface area contributed by atoms with Gasteiger partial charge in [-0.25, -0.2) is 0 Å². The van der Waals surface area contributed by atoms with Crippen molar-refractivity contribution in [1.82, 2.24) is 5.32 Å². The van der Waals surface area contributed by atoms with Gasteiger partial charge < -0.3 is 14.8 Å². The van der Waals surface area contributed by atoms with Crippen molar-refractivity contribution in [2.45, 2.75) is 39.8 Å². The van der Waals surface area contributed by atoms with Crippen LogP contribution >= 0.6 is 0 Å². The summed E-state index contributed by atoms with van der Waals surface area (Å²) in [5, 5.41) is 3.49. The smallest absolute Gasteiger partial charge is 0.124 e. The van der Waals surface area contributed by atoms with E-state index in [1.807, 2.05) is 13.0 Å². The molecule has 1 aromatic carbocycles. The third-order valence-electron chi connectivity index (χ3n) is 2.88. The molecular formula is C15H25NO2. The molecular weight excluding hydrogens is 226 g/mol. The zero-order valence-electron chi connectivity index (χ0n) is 12.0. The summed E-state index contributed by atoms with van der Waals surface area (Å²) in [6, 6.07) is 6.69. The Balaban J connectivity index is 2.84. The van der Waals surface area contributed by atoms with Crippen LogP contribution in [0.1, 0.15) is 44.4 Å². The van der Waals surface area contributed by atoms with E-state index in [-0.39, 0.29) is 0 Å². The van der Waals surface area contributed by atoms with Crippen molar-refractivity contribution in [1.29, 1.82) is 0 Å². The van der Waals surface area contributed by atoms with Crippen molar-refractivity contribution < 1.29 is 9.47 Å². The first kappa shape index (κ1) is 15.0. The predicted molar refractivity (Wildman–Crippen MR) is 75.0 cm³/mol. The first-order valence-electron chi connectivity index (χ1n) is 6.70. The predicted octanol–water partition coefficient (Wildman–Crippen LogP) is 3.29. The lowest BCUT2D eigenvalue weighted by atomic mass is 10.0. The molecule has 1 atom stereocenters. The molecule has 0 amide bonds. The number of hydrogen-bond acceptors (Lipinski definition) is 3. The lowest BCUT2D eigenvalue weighted by molar-refractivity contribution is 0.180. The summed E-state index contributed by atoms with van der Waals surface area (Å²) < 4.78 is 10.8. The van der Waals surface area contributed by atoms with Gasteiger partial charge in [-0.15, -0.1) is 0 Å². The minimum absolute atomic E-state index is 0.358. The lowest BCUT2D eigenvalue weighted by Crippen LogP contribution is -2.19. The normalized spacial score (nSPS) is 12.4. The maximum Gasteiger partial charge on any atom is 0.124 e. The number of methoxy groups -OCH3 is 1. The number of benzene rings is 1. The van der Waals surface area contributed by atoms with Gasteiger partial charge in [-0.2, -0.15) is 0 Å². The van der Waals surface area contributed by atoms with Gasteiger partial charge in [0, 0.05) is 18.7 Å². The topological polar surface area (TPSA) is 30.5 Å². The van der Waals surface area contributed by atoms with Crippen molar-refractivity contribution in [3.8, 4) is 5.75 Å². The Morgan fingerprint density at radius 2 is 2.06 bits per heavy atom. The van der Waals surface area contributed by atoms with E-state index in [2.05, 4.69) is 31.3 Å². The van der Waals surface area contributed by atoms with Crippen LogP contribution < -0.4 is 10.1 Å². The summed E-state index contributed by atoms with van der Waals surface area (Å²) in [5.41, 5.74) is 2.39. The number of hydrogen-bond donors (Lipinski definition) is 1. The fourth-order valence-corrected chi connectivity index (χ4v) is 1.91. The molecule has 3 heteroatoms. The summed E-state index contributed by atoms with van der Waals surface area (Å²) >= 11 is 0. The first-order chi connectivity index (χ1) is 8.72. The maximum absolute atomic E-state index is 5.61. The van der Waals surface area contributed by atoms with Gasteiger partial charge in [0.2, 0.25) is 0 Å². The Morgan fingerprint density at radius 1 is 1.28 bits per heavy atom. The Bertz CT molecular complexity index is 352. The van der Waals surface area contributed by atoms with Crippen molar-refractivity contribution >= 4 is 0 Å². The van der Waals surface area contributed by atoms with Gasteiger partial charge in [-0.1, -0.05) is 13.0 Å². The molecule has 0 spiro atoms. The number of rotatable bonds is 8. The molecule has 18 heavy (non-hydrogen) atoms. The van der Waals surface area contributed by atoms with Crippen LogP contribution in [-0.4, -0.2) is 20.3 Å². The Morgan fingerprint density at radius 3 is 2.67 bits per heavy atom. The van der Waals surface area contributed by atoms with E-state index in [0.717, 1.165) is 24.3 Å². The highest BCUT2D eigenvalue weighted by atomic mass is 16.5. The van der Waals surface area contributed by atoms with Crippen LogP contribution in [0.4, 0.5) is 0 Å². The molecule has 1 aromatic rings. The van der Waals surface area contributed by atoms with Gasteiger partial charge in [0.15, 0.2) is 0 Å². The minimum atomic E-state index is 0.358. The molecule has 1 unspecified atom stereocenters. The third kappa shape index (κ3) is 4.31. The van der Waals surface area contributed by atoms with Gasteiger partial charge in [-0.3, -0.25) is 0 Å². The number of nitrogens with one attached hydrogen (secondary N) is 1. The molecule has 0 bridgehead atoms. The monoisotopic (exact) mass is 251 g/mol. The fraction of sp³-hybridized carbons (Fsp3) is 0.600. The molecule has 1 N–H and O–H groups in total. The number of ether oxygens (including phenoxy) is 2. The zero-order chi connectivity index (χ0) is 13.4. The molecule has 0 saturated carbocycles. The van der Waals surface area contributed by atoms with Crippen LogP contribution in [0.5, 0.6) is 5.75 Å². The summed E-state index contributed by atoms with van der Waals surface area (Å²) in [4.78, 5) is 0. The van der Waals surface area contributed by atoms with Crippen LogP contribution in [-0.2, 0) is 11.3 Å². The second-order valence-corrected chi connectivity index (χ2v) is 4.41. The highest BCUT2D eigenvalue weighted by molar-refractivity contribution is 5.38. The quantitative estimate of drug-likeness (QED) is 0.769. The Labute approximate surface area is 110 Å². The molecule has 0 saturated heterocycles. The molecule has 1 rings (SSSR count). The van der Waals surface area contributed by atoms with Crippen molar-refractivity contribution in [3.05, 3.63) is 29.3 Å². The molecule has 0 aromatic heterocycles. The van der Waals surface area contributed by atoms with Gasteiger partial charge in [0.1, 0.15) is 5.75 Å². The van der Waals surface area contributed by atoms with Crippen LogP contribution in [0.15, 0.2) is 18.2 Å². The molecule has 3 nitrogen and oxygen atoms in total. The minimum Gasteiger partial charge on any atom is -0.494 e. The van der Waals surface area contributed by atoms with E-state index < -0.39 is 0 Å². The molecule has 0 aliphatic carbocycles. The zero-order valence-corrected chi connectivity index (χ0v) is 12.0. The SMILES string of the molecule is CCCNC(C)c1ccc(OCC)c(COC)c1. The Kier molecular flexibility index (Phi) is 6.76. The highest BCUT2D eigenvalue weighted by Gasteiger charge is 2.09. The van der Waals surface area contributed by atoms with Crippen LogP contribution in [0.25, 0.3) is 0 Å². The second-order valence-electron chi connectivity index (χ2n) is 4.41. The van der Waals surface area contributed by atoms with Crippen LogP contribution in [0.3, 0.4) is 0 Å². The van der Waals surface area contributed by atoms with E-state index >= 15 is 0 Å². The average Bonchev–Trinajstić information content (AvgIpc) is 2.38. The van der Waals surface area contributed by atoms with Crippen LogP contribution in [0, 0.1) is 0 Å². The van der Waals surface area contributed by atoms with Gasteiger partial charge in [0.25, 0.3) is 0 Å². The Hall–Kier alpha value is -1.06. The standard InChI is InChI=1S/C15H25NO2/c1-5-9-16-12(3)13-7-8-15(18-6-2)14(10-13)11-17-4/h7-8,10,12,16H,5-6,9,11H2,1-4H3. The summed E-state index contributed by atoms with van der Waals surface area (Å²) in [6.07, 6.45) is 1.15. The van der Waals surface area contributed by atoms with Gasteiger partial charge in [-0.05, 0) is 44.5 Å². The highest BCUT2D eigenvalue weighted by Crippen LogP contribution is 2.24. The van der Waals surface area contributed by atoms with Crippen LogP contribution in [0.2, 0.25) is 0 Å². The van der Waals surface area contributed by atoms with E-state index in [0.29, 0.717) is 19.3 Å². The van der Waals surface area contributed by atoms with E-state index in [1.54, 1.807) is 7.11 Å². The van der Waals surface area contributed by atoms with Crippen molar-refractivity contribution in [2.75, 3.05) is 20.3 Å². The van der Waals surface area contributed by atoms with Crippen molar-refractivity contribution in [2.24, 2.45) is 0 Å². The van der Waals surface area contributed by atoms with E-state index in [1.165, 1.54) is 5.56 Å². The maximum atomic E-state index is 5.61. The molecule has 0 heterocycles. The third-order valence-corrected chi connectivity index (χ3v) is 2.88. The average molecular weight is 251 g/mol. The largest absolute Gasteiger partial charge is 0.494 e. The molecule has 102 valence electrons. The molecule has 0 fully saturated rings.